The summed E-state index contributed by atoms with van der Waals surface area (Å²) in [6, 6.07) is 8.42. The Morgan fingerprint density at radius 3 is 2.85 bits per heavy atom. The smallest absolute Gasteiger partial charge is 0.241 e. The van der Waals surface area contributed by atoms with E-state index < -0.39 is 10.0 Å². The summed E-state index contributed by atoms with van der Waals surface area (Å²) in [5.74, 6) is 0.0542. The fourth-order valence-corrected chi connectivity index (χ4v) is 3.16. The molecule has 2 aromatic rings. The van der Waals surface area contributed by atoms with Gasteiger partial charge in [0.2, 0.25) is 10.0 Å². The van der Waals surface area contributed by atoms with E-state index in [0.717, 1.165) is 0 Å². The fourth-order valence-electron chi connectivity index (χ4n) is 1.87. The monoisotopic (exact) mass is 292 g/mol. The maximum Gasteiger partial charge on any atom is 0.241 e. The molecule has 0 aliphatic heterocycles. The van der Waals surface area contributed by atoms with Crippen LogP contribution in [-0.4, -0.2) is 25.8 Å². The molecule has 0 spiro atoms. The summed E-state index contributed by atoms with van der Waals surface area (Å²) >= 11 is 0. The van der Waals surface area contributed by atoms with Crippen molar-refractivity contribution in [2.24, 2.45) is 5.73 Å². The summed E-state index contributed by atoms with van der Waals surface area (Å²) in [5, 5.41) is 7.68. The van der Waals surface area contributed by atoms with Gasteiger partial charge in [0.05, 0.1) is 16.2 Å². The molecular formula is C13H16N4O2S. The summed E-state index contributed by atoms with van der Waals surface area (Å²) in [6.07, 6.45) is 2.50. The predicted molar refractivity (Wildman–Crippen MR) is 78.1 cm³/mol. The predicted octanol–water partition coefficient (Wildman–Crippen LogP) is 1.23. The zero-order chi connectivity index (χ0) is 14.6. The number of amidine groups is 1. The van der Waals surface area contributed by atoms with Crippen molar-refractivity contribution in [1.82, 2.24) is 9.71 Å². The molecule has 0 aliphatic rings. The first-order chi connectivity index (χ1) is 9.50. The number of nitrogens with two attached hydrogens (primary N) is 1. The van der Waals surface area contributed by atoms with E-state index in [1.807, 2.05) is 0 Å². The van der Waals surface area contributed by atoms with Crippen molar-refractivity contribution < 1.29 is 8.42 Å². The van der Waals surface area contributed by atoms with Crippen LogP contribution in [0.5, 0.6) is 0 Å². The fraction of sp³-hybridized carbons (Fsp3) is 0.231. The van der Waals surface area contributed by atoms with Gasteiger partial charge in [-0.2, -0.15) is 0 Å². The van der Waals surface area contributed by atoms with Crippen molar-refractivity contribution >= 4 is 26.8 Å². The van der Waals surface area contributed by atoms with Crippen LogP contribution in [-0.2, 0) is 10.0 Å². The van der Waals surface area contributed by atoms with Crippen molar-refractivity contribution in [1.29, 1.82) is 5.41 Å². The van der Waals surface area contributed by atoms with Crippen LogP contribution in [0.3, 0.4) is 0 Å². The van der Waals surface area contributed by atoms with Gasteiger partial charge in [0, 0.05) is 24.5 Å². The molecule has 0 aliphatic carbocycles. The Morgan fingerprint density at radius 1 is 1.30 bits per heavy atom. The Morgan fingerprint density at radius 2 is 2.10 bits per heavy atom. The molecule has 7 heteroatoms. The molecule has 0 atom stereocenters. The van der Waals surface area contributed by atoms with Gasteiger partial charge < -0.3 is 5.73 Å². The first-order valence-corrected chi connectivity index (χ1v) is 7.65. The third-order valence-corrected chi connectivity index (χ3v) is 4.33. The maximum absolute atomic E-state index is 12.3. The van der Waals surface area contributed by atoms with Crippen molar-refractivity contribution in [2.75, 3.05) is 6.54 Å². The lowest BCUT2D eigenvalue weighted by Crippen LogP contribution is -2.26. The molecule has 1 heterocycles. The second-order valence-electron chi connectivity index (χ2n) is 4.35. The van der Waals surface area contributed by atoms with Gasteiger partial charge >= 0.3 is 0 Å². The van der Waals surface area contributed by atoms with E-state index in [0.29, 0.717) is 23.7 Å². The highest BCUT2D eigenvalue weighted by Gasteiger charge is 2.16. The zero-order valence-electron chi connectivity index (χ0n) is 10.8. The average Bonchev–Trinajstić information content (AvgIpc) is 2.43. The highest BCUT2D eigenvalue weighted by Crippen LogP contribution is 2.20. The maximum atomic E-state index is 12.3. The SMILES string of the molecule is N=C(N)CCCNS(=O)(=O)c1cccc2ncccc12. The minimum atomic E-state index is -3.59. The van der Waals surface area contributed by atoms with Gasteiger partial charge in [-0.15, -0.1) is 0 Å². The summed E-state index contributed by atoms with van der Waals surface area (Å²) in [7, 11) is -3.59. The molecule has 0 unspecified atom stereocenters. The molecule has 20 heavy (non-hydrogen) atoms. The van der Waals surface area contributed by atoms with Crippen LogP contribution in [0.2, 0.25) is 0 Å². The first-order valence-electron chi connectivity index (χ1n) is 6.17. The molecule has 0 fully saturated rings. The van der Waals surface area contributed by atoms with E-state index in [1.54, 1.807) is 36.5 Å². The van der Waals surface area contributed by atoms with Gasteiger partial charge in [-0.05, 0) is 30.7 Å². The number of benzene rings is 1. The van der Waals surface area contributed by atoms with Crippen molar-refractivity contribution in [3.05, 3.63) is 36.5 Å². The van der Waals surface area contributed by atoms with Gasteiger partial charge in [-0.1, -0.05) is 6.07 Å². The van der Waals surface area contributed by atoms with Gasteiger partial charge in [-0.3, -0.25) is 10.4 Å². The van der Waals surface area contributed by atoms with E-state index in [1.165, 1.54) is 0 Å². The quantitative estimate of drug-likeness (QED) is 0.422. The topological polar surface area (TPSA) is 109 Å². The number of rotatable bonds is 6. The number of sulfonamides is 1. The Hall–Kier alpha value is -1.99. The third kappa shape index (κ3) is 3.31. The minimum absolute atomic E-state index is 0.0542. The third-order valence-electron chi connectivity index (χ3n) is 2.81. The van der Waals surface area contributed by atoms with E-state index in [9.17, 15) is 8.42 Å². The number of fused-ring (bicyclic) bond motifs is 1. The molecule has 0 amide bonds. The summed E-state index contributed by atoms with van der Waals surface area (Å²) in [6.45, 7) is 0.249. The molecule has 106 valence electrons. The molecule has 1 aromatic carbocycles. The Bertz CT molecular complexity index is 723. The average molecular weight is 292 g/mol. The lowest BCUT2D eigenvalue weighted by molar-refractivity contribution is 0.580. The molecular weight excluding hydrogens is 276 g/mol. The van der Waals surface area contributed by atoms with E-state index in [2.05, 4.69) is 9.71 Å². The number of nitrogens with one attached hydrogen (secondary N) is 2. The standard InChI is InChI=1S/C13H16N4O2S/c14-13(15)7-3-9-17-20(18,19)12-6-1-5-11-10(12)4-2-8-16-11/h1-2,4-6,8,17H,3,7,9H2,(H3,14,15). The van der Waals surface area contributed by atoms with Gasteiger partial charge in [0.25, 0.3) is 0 Å². The van der Waals surface area contributed by atoms with Crippen LogP contribution in [0.4, 0.5) is 0 Å². The van der Waals surface area contributed by atoms with Gasteiger partial charge in [0.1, 0.15) is 0 Å². The van der Waals surface area contributed by atoms with Crippen LogP contribution in [0.25, 0.3) is 10.9 Å². The second kappa shape index (κ2) is 5.98. The normalized spacial score (nSPS) is 11.6. The van der Waals surface area contributed by atoms with Crippen LogP contribution >= 0.6 is 0 Å². The molecule has 4 N–H and O–H groups in total. The van der Waals surface area contributed by atoms with Crippen LogP contribution in [0, 0.1) is 5.41 Å². The summed E-state index contributed by atoms with van der Waals surface area (Å²) in [4.78, 5) is 4.35. The number of nitrogens with zero attached hydrogens (tertiary/aromatic N) is 1. The van der Waals surface area contributed by atoms with Crippen LogP contribution < -0.4 is 10.5 Å². The van der Waals surface area contributed by atoms with Gasteiger partial charge in [0.15, 0.2) is 0 Å². The van der Waals surface area contributed by atoms with Crippen molar-refractivity contribution in [3.63, 3.8) is 0 Å². The molecule has 0 bridgehead atoms. The molecule has 0 saturated carbocycles. The number of hydrogen-bond acceptors (Lipinski definition) is 4. The van der Waals surface area contributed by atoms with E-state index in [4.69, 9.17) is 11.1 Å². The molecule has 2 rings (SSSR count). The molecule has 0 saturated heterocycles. The number of pyridine rings is 1. The van der Waals surface area contributed by atoms with Crippen molar-refractivity contribution in [3.8, 4) is 0 Å². The molecule has 6 nitrogen and oxygen atoms in total. The van der Waals surface area contributed by atoms with E-state index in [-0.39, 0.29) is 17.3 Å². The highest BCUT2D eigenvalue weighted by atomic mass is 32.2. The molecule has 1 aromatic heterocycles. The lowest BCUT2D eigenvalue weighted by atomic mass is 10.2. The number of aromatic nitrogens is 1. The number of hydrogen-bond donors (Lipinski definition) is 3. The first kappa shape index (κ1) is 14.4. The van der Waals surface area contributed by atoms with Gasteiger partial charge in [-0.25, -0.2) is 13.1 Å². The second-order valence-corrected chi connectivity index (χ2v) is 6.09. The zero-order valence-corrected chi connectivity index (χ0v) is 11.7. The summed E-state index contributed by atoms with van der Waals surface area (Å²) in [5.41, 5.74) is 5.86. The highest BCUT2D eigenvalue weighted by molar-refractivity contribution is 7.89. The van der Waals surface area contributed by atoms with E-state index >= 15 is 0 Å². The van der Waals surface area contributed by atoms with Crippen molar-refractivity contribution in [2.45, 2.75) is 17.7 Å². The Labute approximate surface area is 117 Å². The Kier molecular flexibility index (Phi) is 4.31. The largest absolute Gasteiger partial charge is 0.388 e. The van der Waals surface area contributed by atoms with Crippen LogP contribution in [0.15, 0.2) is 41.4 Å². The molecule has 0 radical (unpaired) electrons. The van der Waals surface area contributed by atoms with Crippen LogP contribution in [0.1, 0.15) is 12.8 Å². The summed E-state index contributed by atoms with van der Waals surface area (Å²) < 4.78 is 27.0. The Balaban J connectivity index is 2.21. The lowest BCUT2D eigenvalue weighted by Gasteiger charge is -2.09. The minimum Gasteiger partial charge on any atom is -0.388 e.